The fourth-order valence-corrected chi connectivity index (χ4v) is 4.13. The van der Waals surface area contributed by atoms with Gasteiger partial charge in [0.2, 0.25) is 0 Å². The van der Waals surface area contributed by atoms with Crippen molar-refractivity contribution in [3.05, 3.63) is 71.8 Å². The average Bonchev–Trinajstić information content (AvgIpc) is 3.13. The Balaban J connectivity index is 1.60. The van der Waals surface area contributed by atoms with Crippen LogP contribution in [-0.4, -0.2) is 11.8 Å². The third-order valence-electron chi connectivity index (χ3n) is 5.26. The number of Topliss-reactive ketones (excluding diaryl/α,β-unsaturated/α-hetero) is 1. The Morgan fingerprint density at radius 2 is 1.45 bits per heavy atom. The van der Waals surface area contributed by atoms with E-state index in [0.717, 1.165) is 19.3 Å². The van der Waals surface area contributed by atoms with Crippen molar-refractivity contribution >= 4 is 5.78 Å². The number of ketones is 1. The first kappa shape index (κ1) is 13.7. The molecule has 2 aromatic rings. The predicted molar refractivity (Wildman–Crippen MR) is 87.5 cm³/mol. The molecule has 4 rings (SSSR count). The molecule has 1 N–H and O–H groups in total. The third kappa shape index (κ3) is 2.48. The summed E-state index contributed by atoms with van der Waals surface area (Å²) in [5, 5.41) is 3.85. The van der Waals surface area contributed by atoms with Gasteiger partial charge in [-0.05, 0) is 29.9 Å². The highest BCUT2D eigenvalue weighted by molar-refractivity contribution is 5.84. The molecule has 0 radical (unpaired) electrons. The van der Waals surface area contributed by atoms with Gasteiger partial charge < -0.3 is 5.32 Å². The summed E-state index contributed by atoms with van der Waals surface area (Å²) in [6, 6.07) is 21.9. The second-order valence-corrected chi connectivity index (χ2v) is 6.63. The van der Waals surface area contributed by atoms with Crippen molar-refractivity contribution in [2.24, 2.45) is 11.8 Å². The van der Waals surface area contributed by atoms with E-state index in [9.17, 15) is 4.79 Å². The van der Waals surface area contributed by atoms with Crippen molar-refractivity contribution in [1.29, 1.82) is 0 Å². The smallest absolute Gasteiger partial charge is 0.136 e. The quantitative estimate of drug-likeness (QED) is 0.930. The molecular weight excluding hydrogens is 270 g/mol. The van der Waals surface area contributed by atoms with Gasteiger partial charge in [-0.3, -0.25) is 4.79 Å². The molecule has 0 spiro atoms. The maximum absolute atomic E-state index is 11.8. The molecule has 0 amide bonds. The third-order valence-corrected chi connectivity index (χ3v) is 5.26. The van der Waals surface area contributed by atoms with Crippen LogP contribution in [0.25, 0.3) is 0 Å². The van der Waals surface area contributed by atoms with Gasteiger partial charge in [-0.25, -0.2) is 0 Å². The molecule has 22 heavy (non-hydrogen) atoms. The zero-order valence-corrected chi connectivity index (χ0v) is 12.6. The minimum atomic E-state index is 0.210. The highest BCUT2D eigenvalue weighted by Gasteiger charge is 2.45. The van der Waals surface area contributed by atoms with Crippen LogP contribution in [0.1, 0.15) is 36.4 Å². The molecule has 3 atom stereocenters. The van der Waals surface area contributed by atoms with Crippen LogP contribution in [0.2, 0.25) is 0 Å². The van der Waals surface area contributed by atoms with Crippen LogP contribution in [0.4, 0.5) is 0 Å². The Hall–Kier alpha value is -1.93. The van der Waals surface area contributed by atoms with Crippen molar-refractivity contribution in [2.75, 3.05) is 0 Å². The van der Waals surface area contributed by atoms with Crippen molar-refractivity contribution < 1.29 is 4.79 Å². The van der Waals surface area contributed by atoms with E-state index in [4.69, 9.17) is 0 Å². The number of carbonyl (C=O) groups excluding carboxylic acids is 1. The lowest BCUT2D eigenvalue weighted by Gasteiger charge is -2.29. The van der Waals surface area contributed by atoms with E-state index in [0.29, 0.717) is 23.7 Å². The van der Waals surface area contributed by atoms with Gasteiger partial charge in [-0.15, -0.1) is 0 Å². The minimum absolute atomic E-state index is 0.210. The lowest BCUT2D eigenvalue weighted by atomic mass is 9.91. The fraction of sp³-hybridized carbons (Fsp3) is 0.350. The maximum Gasteiger partial charge on any atom is 0.136 e. The van der Waals surface area contributed by atoms with Crippen molar-refractivity contribution in [3.63, 3.8) is 0 Å². The Morgan fingerprint density at radius 1 is 0.864 bits per heavy atom. The lowest BCUT2D eigenvalue weighted by Crippen LogP contribution is -2.38. The molecule has 2 aliphatic carbocycles. The molecule has 2 fully saturated rings. The predicted octanol–water partition coefficient (Wildman–Crippen LogP) is 3.73. The SMILES string of the molecule is O=C1CC2CC1CC2NC(c1ccccc1)c1ccccc1. The molecule has 3 unspecified atom stereocenters. The zero-order chi connectivity index (χ0) is 14.9. The van der Waals surface area contributed by atoms with E-state index < -0.39 is 0 Å². The van der Waals surface area contributed by atoms with Crippen molar-refractivity contribution in [2.45, 2.75) is 31.3 Å². The molecule has 2 bridgehead atoms. The maximum atomic E-state index is 11.8. The number of hydrogen-bond donors (Lipinski definition) is 1. The van der Waals surface area contributed by atoms with Gasteiger partial charge in [0.15, 0.2) is 0 Å². The van der Waals surface area contributed by atoms with Crippen molar-refractivity contribution in [1.82, 2.24) is 5.32 Å². The van der Waals surface area contributed by atoms with Gasteiger partial charge in [0.25, 0.3) is 0 Å². The molecule has 2 heteroatoms. The lowest BCUT2D eigenvalue weighted by molar-refractivity contribution is -0.122. The van der Waals surface area contributed by atoms with E-state index in [1.807, 2.05) is 0 Å². The molecule has 0 aliphatic heterocycles. The van der Waals surface area contributed by atoms with Crippen LogP contribution >= 0.6 is 0 Å². The van der Waals surface area contributed by atoms with Crippen LogP contribution in [-0.2, 0) is 4.79 Å². The van der Waals surface area contributed by atoms with Crippen LogP contribution in [0, 0.1) is 11.8 Å². The standard InChI is InChI=1S/C20H21NO/c22-19-13-16-11-17(19)12-18(16)21-20(14-7-3-1-4-8-14)15-9-5-2-6-10-15/h1-10,16-18,20-21H,11-13H2. The summed E-state index contributed by atoms with van der Waals surface area (Å²) in [6.45, 7) is 0. The Morgan fingerprint density at radius 3 is 1.91 bits per heavy atom. The highest BCUT2D eigenvalue weighted by atomic mass is 16.1. The number of hydrogen-bond acceptors (Lipinski definition) is 2. The van der Waals surface area contributed by atoms with Crippen LogP contribution in [0.15, 0.2) is 60.7 Å². The highest BCUT2D eigenvalue weighted by Crippen LogP contribution is 2.43. The van der Waals surface area contributed by atoms with Gasteiger partial charge >= 0.3 is 0 Å². The van der Waals surface area contributed by atoms with Crippen LogP contribution in [0.3, 0.4) is 0 Å². The zero-order valence-electron chi connectivity index (χ0n) is 12.6. The Bertz CT molecular complexity index is 612. The largest absolute Gasteiger partial charge is 0.303 e. The number of rotatable bonds is 4. The first-order chi connectivity index (χ1) is 10.8. The van der Waals surface area contributed by atoms with E-state index >= 15 is 0 Å². The summed E-state index contributed by atoms with van der Waals surface area (Å²) >= 11 is 0. The number of nitrogens with one attached hydrogen (secondary N) is 1. The fourth-order valence-electron chi connectivity index (χ4n) is 4.13. The molecule has 112 valence electrons. The van der Waals surface area contributed by atoms with E-state index in [1.165, 1.54) is 11.1 Å². The summed E-state index contributed by atoms with van der Waals surface area (Å²) in [7, 11) is 0. The van der Waals surface area contributed by atoms with Gasteiger partial charge in [0.05, 0.1) is 6.04 Å². The van der Waals surface area contributed by atoms with E-state index in [2.05, 4.69) is 66.0 Å². The minimum Gasteiger partial charge on any atom is -0.303 e. The Labute approximate surface area is 131 Å². The molecule has 2 nitrogen and oxygen atoms in total. The molecule has 0 aromatic heterocycles. The summed E-state index contributed by atoms with van der Waals surface area (Å²) in [4.78, 5) is 11.8. The average molecular weight is 291 g/mol. The molecule has 2 aromatic carbocycles. The van der Waals surface area contributed by atoms with E-state index in [1.54, 1.807) is 0 Å². The first-order valence-corrected chi connectivity index (χ1v) is 8.20. The molecule has 0 heterocycles. The first-order valence-electron chi connectivity index (χ1n) is 8.20. The molecule has 0 saturated heterocycles. The molecule has 2 aliphatic rings. The molecule has 2 saturated carbocycles. The normalized spacial score (nSPS) is 26.8. The number of benzene rings is 2. The second kappa shape index (κ2) is 5.69. The summed E-state index contributed by atoms with van der Waals surface area (Å²) < 4.78 is 0. The number of carbonyl (C=O) groups is 1. The van der Waals surface area contributed by atoms with Crippen LogP contribution in [0.5, 0.6) is 0 Å². The summed E-state index contributed by atoms with van der Waals surface area (Å²) in [5.74, 6) is 1.33. The second-order valence-electron chi connectivity index (χ2n) is 6.63. The van der Waals surface area contributed by atoms with Gasteiger partial charge in [-0.2, -0.15) is 0 Å². The van der Waals surface area contributed by atoms with Gasteiger partial charge in [-0.1, -0.05) is 60.7 Å². The number of fused-ring (bicyclic) bond motifs is 2. The van der Waals surface area contributed by atoms with Crippen molar-refractivity contribution in [3.8, 4) is 0 Å². The summed E-state index contributed by atoms with van der Waals surface area (Å²) in [5.41, 5.74) is 2.59. The van der Waals surface area contributed by atoms with E-state index in [-0.39, 0.29) is 6.04 Å². The molecular formula is C20H21NO. The van der Waals surface area contributed by atoms with Gasteiger partial charge in [0.1, 0.15) is 5.78 Å². The summed E-state index contributed by atoms with van der Waals surface area (Å²) in [6.07, 6.45) is 2.88. The Kier molecular flexibility index (Phi) is 3.55. The van der Waals surface area contributed by atoms with Gasteiger partial charge in [0, 0.05) is 18.4 Å². The topological polar surface area (TPSA) is 29.1 Å². The van der Waals surface area contributed by atoms with Crippen LogP contribution < -0.4 is 5.32 Å². The monoisotopic (exact) mass is 291 g/mol.